The van der Waals surface area contributed by atoms with E-state index in [9.17, 15) is 13.2 Å². The van der Waals surface area contributed by atoms with Crippen molar-refractivity contribution in [2.45, 2.75) is 6.18 Å². The summed E-state index contributed by atoms with van der Waals surface area (Å²) in [6.07, 6.45) is -5.08. The van der Waals surface area contributed by atoms with E-state index in [0.29, 0.717) is 5.13 Å². The molecule has 5 nitrogen and oxygen atoms in total. The highest BCUT2D eigenvalue weighted by Crippen LogP contribution is 2.24. The number of hydrogen-bond donors (Lipinski definition) is 2. The zero-order valence-electron chi connectivity index (χ0n) is 7.35. The van der Waals surface area contributed by atoms with Gasteiger partial charge < -0.3 is 10.8 Å². The van der Waals surface area contributed by atoms with E-state index in [-0.39, 0.29) is 0 Å². The first-order chi connectivity index (χ1) is 7.30. The SMILES string of the molecule is Nc1nc2scnc2s1.O=C(O)C(F)(F)F. The van der Waals surface area contributed by atoms with Gasteiger partial charge in [0.15, 0.2) is 14.8 Å². The summed E-state index contributed by atoms with van der Waals surface area (Å²) in [5, 5.41) is 7.73. The van der Waals surface area contributed by atoms with Crippen molar-refractivity contribution >= 4 is 43.4 Å². The Morgan fingerprint density at radius 1 is 1.44 bits per heavy atom. The smallest absolute Gasteiger partial charge is 0.475 e. The third-order valence-corrected chi connectivity index (χ3v) is 2.81. The third-order valence-electron chi connectivity index (χ3n) is 1.17. The summed E-state index contributed by atoms with van der Waals surface area (Å²) in [4.78, 5) is 18.8. The number of hydrogen-bond acceptors (Lipinski definition) is 6. The number of rotatable bonds is 0. The molecule has 0 bridgehead atoms. The minimum atomic E-state index is -5.08. The highest BCUT2D eigenvalue weighted by atomic mass is 32.1. The number of nitrogen functional groups attached to an aromatic ring is 1. The maximum Gasteiger partial charge on any atom is 0.490 e. The molecule has 0 aromatic carbocycles. The average molecular weight is 271 g/mol. The van der Waals surface area contributed by atoms with Crippen molar-refractivity contribution in [3.8, 4) is 0 Å². The van der Waals surface area contributed by atoms with Gasteiger partial charge in [-0.1, -0.05) is 11.3 Å². The van der Waals surface area contributed by atoms with Crippen LogP contribution in [0.5, 0.6) is 0 Å². The van der Waals surface area contributed by atoms with Crippen LogP contribution in [0.3, 0.4) is 0 Å². The predicted molar refractivity (Wildman–Crippen MR) is 53.4 cm³/mol. The second-order valence-electron chi connectivity index (χ2n) is 2.32. The van der Waals surface area contributed by atoms with Gasteiger partial charge in [-0.3, -0.25) is 0 Å². The number of aromatic nitrogens is 2. The van der Waals surface area contributed by atoms with Crippen molar-refractivity contribution in [2.75, 3.05) is 5.73 Å². The second-order valence-corrected chi connectivity index (χ2v) is 4.16. The number of carboxylic acids is 1. The first kappa shape index (κ1) is 12.6. The maximum absolute atomic E-state index is 10.6. The molecule has 2 heterocycles. The van der Waals surface area contributed by atoms with Gasteiger partial charge >= 0.3 is 12.1 Å². The number of thiazole rings is 2. The van der Waals surface area contributed by atoms with Gasteiger partial charge in [-0.2, -0.15) is 13.2 Å². The molecule has 2 rings (SSSR count). The summed E-state index contributed by atoms with van der Waals surface area (Å²) in [7, 11) is 0. The molecule has 0 saturated carbocycles. The Kier molecular flexibility index (Phi) is 3.65. The van der Waals surface area contributed by atoms with Gasteiger partial charge in [-0.05, 0) is 0 Å². The van der Waals surface area contributed by atoms with Crippen molar-refractivity contribution in [1.82, 2.24) is 9.97 Å². The highest BCUT2D eigenvalue weighted by Gasteiger charge is 2.38. The molecule has 0 aliphatic carbocycles. The first-order valence-corrected chi connectivity index (χ1v) is 5.26. The van der Waals surface area contributed by atoms with Crippen LogP contribution in [0.2, 0.25) is 0 Å². The number of halogens is 3. The fraction of sp³-hybridized carbons (Fsp3) is 0.167. The van der Waals surface area contributed by atoms with E-state index in [2.05, 4.69) is 9.97 Å². The van der Waals surface area contributed by atoms with E-state index in [1.807, 2.05) is 0 Å². The molecule has 2 aromatic rings. The lowest BCUT2D eigenvalue weighted by atomic mass is 10.7. The van der Waals surface area contributed by atoms with E-state index in [0.717, 1.165) is 9.66 Å². The number of nitrogens with zero attached hydrogens (tertiary/aromatic N) is 2. The summed E-state index contributed by atoms with van der Waals surface area (Å²) in [5.74, 6) is -2.76. The molecular weight excluding hydrogens is 267 g/mol. The molecule has 0 aliphatic heterocycles. The van der Waals surface area contributed by atoms with Gasteiger partial charge in [0.05, 0.1) is 5.51 Å². The molecule has 0 saturated heterocycles. The van der Waals surface area contributed by atoms with Gasteiger partial charge in [0.1, 0.15) is 0 Å². The molecule has 0 aliphatic rings. The zero-order chi connectivity index (χ0) is 12.3. The fourth-order valence-electron chi connectivity index (χ4n) is 0.596. The van der Waals surface area contributed by atoms with Crippen LogP contribution in [-0.2, 0) is 4.79 Å². The van der Waals surface area contributed by atoms with Crippen molar-refractivity contribution in [3.05, 3.63) is 5.51 Å². The summed E-state index contributed by atoms with van der Waals surface area (Å²) in [6.45, 7) is 0. The summed E-state index contributed by atoms with van der Waals surface area (Å²) in [5.41, 5.74) is 7.18. The van der Waals surface area contributed by atoms with E-state index in [4.69, 9.17) is 15.6 Å². The number of carboxylic acid groups (broad SMARTS) is 1. The quantitative estimate of drug-likeness (QED) is 0.764. The molecule has 88 valence electrons. The van der Waals surface area contributed by atoms with Crippen LogP contribution in [0.15, 0.2) is 5.51 Å². The largest absolute Gasteiger partial charge is 0.490 e. The van der Waals surface area contributed by atoms with Gasteiger partial charge in [0.2, 0.25) is 0 Å². The van der Waals surface area contributed by atoms with Crippen LogP contribution in [0, 0.1) is 0 Å². The van der Waals surface area contributed by atoms with Crippen molar-refractivity contribution in [2.24, 2.45) is 0 Å². The zero-order valence-corrected chi connectivity index (χ0v) is 8.99. The predicted octanol–water partition coefficient (Wildman–Crippen LogP) is 1.97. The Balaban J connectivity index is 0.000000168. The number of carbonyl (C=O) groups is 1. The van der Waals surface area contributed by atoms with Crippen LogP contribution in [0.1, 0.15) is 0 Å². The number of anilines is 1. The average Bonchev–Trinajstić information content (AvgIpc) is 2.62. The maximum atomic E-state index is 10.6. The van der Waals surface area contributed by atoms with Crippen LogP contribution >= 0.6 is 22.7 Å². The minimum Gasteiger partial charge on any atom is -0.475 e. The Morgan fingerprint density at radius 3 is 2.44 bits per heavy atom. The summed E-state index contributed by atoms with van der Waals surface area (Å²) in [6, 6.07) is 0. The molecule has 0 amide bonds. The molecule has 2 aromatic heterocycles. The number of aliphatic carboxylic acids is 1. The number of nitrogens with two attached hydrogens (primary N) is 1. The Labute approximate surface area is 94.4 Å². The summed E-state index contributed by atoms with van der Waals surface area (Å²) < 4.78 is 31.7. The Hall–Kier alpha value is -1.42. The van der Waals surface area contributed by atoms with Crippen LogP contribution in [-0.4, -0.2) is 27.2 Å². The highest BCUT2D eigenvalue weighted by molar-refractivity contribution is 7.27. The molecule has 0 spiro atoms. The minimum absolute atomic E-state index is 0.601. The van der Waals surface area contributed by atoms with E-state index in [1.54, 1.807) is 5.51 Å². The summed E-state index contributed by atoms with van der Waals surface area (Å²) >= 11 is 2.94. The molecule has 3 N–H and O–H groups in total. The lowest BCUT2D eigenvalue weighted by Gasteiger charge is -1.93. The Morgan fingerprint density at radius 2 is 2.00 bits per heavy atom. The molecule has 0 radical (unpaired) electrons. The Bertz CT molecular complexity index is 464. The van der Waals surface area contributed by atoms with E-state index < -0.39 is 12.1 Å². The lowest BCUT2D eigenvalue weighted by Crippen LogP contribution is -2.21. The fourth-order valence-corrected chi connectivity index (χ4v) is 2.13. The molecular formula is C6H4F3N3O2S2. The van der Waals surface area contributed by atoms with E-state index in [1.165, 1.54) is 22.7 Å². The number of fused-ring (bicyclic) bond motifs is 1. The third kappa shape index (κ3) is 3.31. The molecule has 0 atom stereocenters. The van der Waals surface area contributed by atoms with Crippen molar-refractivity contribution in [3.63, 3.8) is 0 Å². The standard InChI is InChI=1S/C4H3N3S2.C2HF3O2/c5-4-7-3-2(9-4)6-1-8-3;3-2(4,5)1(6)7/h1H,(H2,5,7);(H,6,7). The molecule has 0 fully saturated rings. The van der Waals surface area contributed by atoms with Crippen LogP contribution in [0.4, 0.5) is 18.3 Å². The molecule has 10 heteroatoms. The monoisotopic (exact) mass is 271 g/mol. The molecule has 16 heavy (non-hydrogen) atoms. The normalized spacial score (nSPS) is 10.9. The number of alkyl halides is 3. The van der Waals surface area contributed by atoms with Crippen molar-refractivity contribution < 1.29 is 23.1 Å². The van der Waals surface area contributed by atoms with Crippen LogP contribution < -0.4 is 5.73 Å². The topological polar surface area (TPSA) is 89.1 Å². The van der Waals surface area contributed by atoms with Crippen LogP contribution in [0.25, 0.3) is 9.66 Å². The van der Waals surface area contributed by atoms with Crippen molar-refractivity contribution in [1.29, 1.82) is 0 Å². The second kappa shape index (κ2) is 4.61. The van der Waals surface area contributed by atoms with Gasteiger partial charge in [-0.15, -0.1) is 11.3 Å². The first-order valence-electron chi connectivity index (χ1n) is 3.56. The van der Waals surface area contributed by atoms with Gasteiger partial charge in [0, 0.05) is 0 Å². The van der Waals surface area contributed by atoms with Gasteiger partial charge in [-0.25, -0.2) is 14.8 Å². The lowest BCUT2D eigenvalue weighted by molar-refractivity contribution is -0.192. The molecule has 0 unspecified atom stereocenters. The van der Waals surface area contributed by atoms with E-state index >= 15 is 0 Å². The van der Waals surface area contributed by atoms with Gasteiger partial charge in [0.25, 0.3) is 0 Å².